The normalized spacial score (nSPS) is 13.9. The average Bonchev–Trinajstić information content (AvgIpc) is 2.88. The zero-order valence-corrected chi connectivity index (χ0v) is 12.2. The van der Waals surface area contributed by atoms with Crippen molar-refractivity contribution < 1.29 is 14.7 Å². The molecule has 0 radical (unpaired) electrons. The van der Waals surface area contributed by atoms with E-state index < -0.39 is 6.04 Å². The summed E-state index contributed by atoms with van der Waals surface area (Å²) >= 11 is 1.33. The van der Waals surface area contributed by atoms with Crippen LogP contribution in [0, 0.1) is 5.92 Å². The summed E-state index contributed by atoms with van der Waals surface area (Å²) in [5.41, 5.74) is 0. The van der Waals surface area contributed by atoms with E-state index in [2.05, 4.69) is 10.6 Å². The van der Waals surface area contributed by atoms with Crippen LogP contribution in [-0.2, 0) is 4.79 Å². The second kappa shape index (κ2) is 7.25. The van der Waals surface area contributed by atoms with Gasteiger partial charge in [0.25, 0.3) is 5.91 Å². The maximum Gasteiger partial charge on any atom is 0.262 e. The van der Waals surface area contributed by atoms with E-state index in [1.165, 1.54) is 11.3 Å². The van der Waals surface area contributed by atoms with Crippen LogP contribution in [0.4, 0.5) is 0 Å². The summed E-state index contributed by atoms with van der Waals surface area (Å²) in [6.45, 7) is 5.30. The lowest BCUT2D eigenvalue weighted by molar-refractivity contribution is -0.124. The average molecular weight is 284 g/mol. The molecule has 0 spiro atoms. The van der Waals surface area contributed by atoms with Crippen molar-refractivity contribution in [1.29, 1.82) is 0 Å². The van der Waals surface area contributed by atoms with Crippen molar-refractivity contribution in [1.82, 2.24) is 10.6 Å². The molecule has 0 aliphatic heterocycles. The summed E-state index contributed by atoms with van der Waals surface area (Å²) in [6, 6.07) is 2.57. The van der Waals surface area contributed by atoms with E-state index in [-0.39, 0.29) is 30.4 Å². The molecule has 6 heteroatoms. The summed E-state index contributed by atoms with van der Waals surface area (Å²) < 4.78 is 0. The largest absolute Gasteiger partial charge is 0.394 e. The fourth-order valence-electron chi connectivity index (χ4n) is 1.53. The minimum Gasteiger partial charge on any atom is -0.394 e. The third-order valence-electron chi connectivity index (χ3n) is 2.64. The number of rotatable bonds is 6. The van der Waals surface area contributed by atoms with Crippen LogP contribution in [0.2, 0.25) is 0 Å². The molecule has 5 nitrogen and oxygen atoms in total. The molecular formula is C13H20N2O3S. The first-order chi connectivity index (χ1) is 8.95. The molecule has 0 aromatic carbocycles. The number of carbonyl (C=O) groups excluding carboxylic acids is 2. The van der Waals surface area contributed by atoms with E-state index in [4.69, 9.17) is 5.11 Å². The van der Waals surface area contributed by atoms with Crippen molar-refractivity contribution in [2.24, 2.45) is 5.92 Å². The van der Waals surface area contributed by atoms with Gasteiger partial charge >= 0.3 is 0 Å². The van der Waals surface area contributed by atoms with E-state index in [0.717, 1.165) is 0 Å². The van der Waals surface area contributed by atoms with Crippen LogP contribution >= 0.6 is 11.3 Å². The maximum absolute atomic E-state index is 12.0. The van der Waals surface area contributed by atoms with Crippen molar-refractivity contribution in [3.8, 4) is 0 Å². The smallest absolute Gasteiger partial charge is 0.262 e. The van der Waals surface area contributed by atoms with Crippen LogP contribution in [0.5, 0.6) is 0 Å². The van der Waals surface area contributed by atoms with Gasteiger partial charge in [-0.1, -0.05) is 19.9 Å². The van der Waals surface area contributed by atoms with Gasteiger partial charge in [-0.2, -0.15) is 0 Å². The molecule has 19 heavy (non-hydrogen) atoms. The molecule has 0 saturated heterocycles. The SMILES string of the molecule is CC(CO)NC(=O)C(NC(=O)c1cccs1)C(C)C. The molecule has 2 amide bonds. The van der Waals surface area contributed by atoms with E-state index in [1.807, 2.05) is 19.2 Å². The number of amides is 2. The van der Waals surface area contributed by atoms with Crippen molar-refractivity contribution in [2.75, 3.05) is 6.61 Å². The lowest BCUT2D eigenvalue weighted by Gasteiger charge is -2.23. The van der Waals surface area contributed by atoms with Crippen molar-refractivity contribution in [3.05, 3.63) is 22.4 Å². The van der Waals surface area contributed by atoms with Crippen molar-refractivity contribution in [3.63, 3.8) is 0 Å². The predicted octanol–water partition coefficient (Wildman–Crippen LogP) is 1.000. The molecule has 0 aliphatic rings. The lowest BCUT2D eigenvalue weighted by Crippen LogP contribution is -2.52. The zero-order chi connectivity index (χ0) is 14.4. The molecule has 1 heterocycles. The van der Waals surface area contributed by atoms with Crippen LogP contribution in [0.15, 0.2) is 17.5 Å². The molecule has 0 bridgehead atoms. The molecule has 1 rings (SSSR count). The van der Waals surface area contributed by atoms with Gasteiger partial charge in [0.05, 0.1) is 11.5 Å². The molecule has 1 aromatic rings. The number of carbonyl (C=O) groups is 2. The standard InChI is InChI=1S/C13H20N2O3S/c1-8(2)11(13(18)14-9(3)7-16)15-12(17)10-5-4-6-19-10/h4-6,8-9,11,16H,7H2,1-3H3,(H,14,18)(H,15,17). The number of hydrogen-bond acceptors (Lipinski definition) is 4. The highest BCUT2D eigenvalue weighted by atomic mass is 32.1. The summed E-state index contributed by atoms with van der Waals surface area (Å²) in [5, 5.41) is 16.1. The number of nitrogens with one attached hydrogen (secondary N) is 2. The van der Waals surface area contributed by atoms with E-state index in [1.54, 1.807) is 19.1 Å². The van der Waals surface area contributed by atoms with Gasteiger partial charge in [-0.15, -0.1) is 11.3 Å². The predicted molar refractivity (Wildman–Crippen MR) is 75.1 cm³/mol. The quantitative estimate of drug-likeness (QED) is 0.729. The lowest BCUT2D eigenvalue weighted by atomic mass is 10.0. The number of aliphatic hydroxyl groups excluding tert-OH is 1. The first-order valence-electron chi connectivity index (χ1n) is 6.21. The Kier molecular flexibility index (Phi) is 5.98. The maximum atomic E-state index is 12.0. The molecule has 106 valence electrons. The summed E-state index contributed by atoms with van der Waals surface area (Å²) in [5.74, 6) is -0.559. The number of thiophene rings is 1. The third-order valence-corrected chi connectivity index (χ3v) is 3.51. The van der Waals surface area contributed by atoms with E-state index in [9.17, 15) is 9.59 Å². The minimum atomic E-state index is -0.608. The van der Waals surface area contributed by atoms with Crippen LogP contribution in [0.3, 0.4) is 0 Å². The Morgan fingerprint density at radius 2 is 2.00 bits per heavy atom. The Balaban J connectivity index is 2.68. The van der Waals surface area contributed by atoms with Crippen LogP contribution in [-0.4, -0.2) is 35.6 Å². The Bertz CT molecular complexity index is 418. The highest BCUT2D eigenvalue weighted by molar-refractivity contribution is 7.12. The molecule has 0 aliphatic carbocycles. The molecule has 2 atom stereocenters. The number of aliphatic hydroxyl groups is 1. The van der Waals surface area contributed by atoms with E-state index in [0.29, 0.717) is 4.88 Å². The number of hydrogen-bond donors (Lipinski definition) is 3. The summed E-state index contributed by atoms with van der Waals surface area (Å²) in [6.07, 6.45) is 0. The second-order valence-electron chi connectivity index (χ2n) is 4.76. The Morgan fingerprint density at radius 1 is 1.32 bits per heavy atom. The van der Waals surface area contributed by atoms with Crippen molar-refractivity contribution >= 4 is 23.2 Å². The fraction of sp³-hybridized carbons (Fsp3) is 0.538. The van der Waals surface area contributed by atoms with Gasteiger partial charge in [-0.3, -0.25) is 9.59 Å². The van der Waals surface area contributed by atoms with E-state index >= 15 is 0 Å². The van der Waals surface area contributed by atoms with Gasteiger partial charge in [0.15, 0.2) is 0 Å². The molecule has 3 N–H and O–H groups in total. The summed E-state index contributed by atoms with van der Waals surface area (Å²) in [7, 11) is 0. The zero-order valence-electron chi connectivity index (χ0n) is 11.3. The first kappa shape index (κ1) is 15.7. The highest BCUT2D eigenvalue weighted by Gasteiger charge is 2.25. The van der Waals surface area contributed by atoms with Crippen LogP contribution in [0.1, 0.15) is 30.4 Å². The van der Waals surface area contributed by atoms with Gasteiger partial charge in [0.1, 0.15) is 6.04 Å². The Hall–Kier alpha value is -1.40. The summed E-state index contributed by atoms with van der Waals surface area (Å²) in [4.78, 5) is 24.6. The monoisotopic (exact) mass is 284 g/mol. The highest BCUT2D eigenvalue weighted by Crippen LogP contribution is 2.10. The van der Waals surface area contributed by atoms with Gasteiger partial charge in [-0.05, 0) is 24.3 Å². The molecular weight excluding hydrogens is 264 g/mol. The molecule has 0 fully saturated rings. The van der Waals surface area contributed by atoms with Gasteiger partial charge in [-0.25, -0.2) is 0 Å². The molecule has 2 unspecified atom stereocenters. The fourth-order valence-corrected chi connectivity index (χ4v) is 2.16. The van der Waals surface area contributed by atoms with Crippen molar-refractivity contribution in [2.45, 2.75) is 32.9 Å². The van der Waals surface area contributed by atoms with Gasteiger partial charge < -0.3 is 15.7 Å². The van der Waals surface area contributed by atoms with Crippen LogP contribution < -0.4 is 10.6 Å². The minimum absolute atomic E-state index is 0.0326. The second-order valence-corrected chi connectivity index (χ2v) is 5.71. The van der Waals surface area contributed by atoms with Gasteiger partial charge in [0.2, 0.25) is 5.91 Å². The topological polar surface area (TPSA) is 78.4 Å². The molecule has 0 saturated carbocycles. The van der Waals surface area contributed by atoms with Crippen LogP contribution in [0.25, 0.3) is 0 Å². The first-order valence-corrected chi connectivity index (χ1v) is 7.09. The Labute approximate surface area is 117 Å². The third kappa shape index (κ3) is 4.65. The Morgan fingerprint density at radius 3 is 2.47 bits per heavy atom. The van der Waals surface area contributed by atoms with Gasteiger partial charge in [0, 0.05) is 6.04 Å². The molecule has 1 aromatic heterocycles.